The van der Waals surface area contributed by atoms with Crippen molar-refractivity contribution in [3.8, 4) is 0 Å². The zero-order valence-corrected chi connectivity index (χ0v) is 19.6. The lowest BCUT2D eigenvalue weighted by Gasteiger charge is -2.14. The molecule has 8 heteroatoms. The minimum Gasteiger partial charge on any atom is -0.278 e. The van der Waals surface area contributed by atoms with Crippen molar-refractivity contribution in [1.82, 2.24) is 9.38 Å². The van der Waals surface area contributed by atoms with Gasteiger partial charge in [0, 0.05) is 22.9 Å². The van der Waals surface area contributed by atoms with Crippen LogP contribution < -0.4 is 10.3 Å². The first-order chi connectivity index (χ1) is 15.2. The molecule has 0 aliphatic rings. The molecule has 2 heterocycles. The molecule has 0 fully saturated rings. The standard InChI is InChI=1S/C24H23N3O3S2/c1-16-10-11-22(18(3)13-16)32(29,30)26-20-8-4-5-9-21(20)31-15-19-14-23(28)27-12-6-7-17(2)24(27)25-19/h4-14,26H,15H2,1-3H3. The fourth-order valence-corrected chi connectivity index (χ4v) is 5.78. The SMILES string of the molecule is Cc1ccc(S(=O)(=O)Nc2ccccc2SCc2cc(=O)n3cccc(C)c3n2)c(C)c1. The molecular formula is C24H23N3O3S2. The Morgan fingerprint density at radius 1 is 0.969 bits per heavy atom. The largest absolute Gasteiger partial charge is 0.278 e. The van der Waals surface area contributed by atoms with Gasteiger partial charge in [-0.25, -0.2) is 13.4 Å². The molecule has 0 saturated carbocycles. The van der Waals surface area contributed by atoms with Crippen LogP contribution in [0.3, 0.4) is 0 Å². The minimum atomic E-state index is -3.74. The number of pyridine rings is 1. The number of nitrogens with one attached hydrogen (secondary N) is 1. The maximum absolute atomic E-state index is 13.0. The molecule has 1 N–H and O–H groups in total. The predicted octanol–water partition coefficient (Wildman–Crippen LogP) is 4.71. The van der Waals surface area contributed by atoms with Gasteiger partial charge >= 0.3 is 0 Å². The highest BCUT2D eigenvalue weighted by Gasteiger charge is 2.18. The van der Waals surface area contributed by atoms with E-state index in [9.17, 15) is 13.2 Å². The summed E-state index contributed by atoms with van der Waals surface area (Å²) in [5, 5.41) is 0. The molecule has 4 rings (SSSR count). The molecule has 164 valence electrons. The number of rotatable bonds is 6. The number of hydrogen-bond donors (Lipinski definition) is 1. The molecule has 0 atom stereocenters. The molecule has 2 aromatic heterocycles. The van der Waals surface area contributed by atoms with Crippen LogP contribution in [0.1, 0.15) is 22.4 Å². The number of nitrogens with zero attached hydrogens (tertiary/aromatic N) is 2. The second-order valence-electron chi connectivity index (χ2n) is 7.63. The fourth-order valence-electron chi connectivity index (χ4n) is 3.51. The average Bonchev–Trinajstić information content (AvgIpc) is 2.73. The van der Waals surface area contributed by atoms with Gasteiger partial charge in [-0.1, -0.05) is 35.9 Å². The summed E-state index contributed by atoms with van der Waals surface area (Å²) in [5.41, 5.74) is 4.23. The van der Waals surface area contributed by atoms with Crippen LogP contribution in [0.5, 0.6) is 0 Å². The summed E-state index contributed by atoms with van der Waals surface area (Å²) in [6, 6.07) is 17.7. The first-order valence-electron chi connectivity index (χ1n) is 10.0. The number of para-hydroxylation sites is 1. The highest BCUT2D eigenvalue weighted by molar-refractivity contribution is 7.98. The third-order valence-corrected chi connectivity index (χ3v) is 7.70. The van der Waals surface area contributed by atoms with Crippen molar-refractivity contribution in [2.24, 2.45) is 0 Å². The molecule has 0 amide bonds. The lowest BCUT2D eigenvalue weighted by molar-refractivity contribution is 0.600. The van der Waals surface area contributed by atoms with Crippen molar-refractivity contribution < 1.29 is 8.42 Å². The number of benzene rings is 2. The van der Waals surface area contributed by atoms with E-state index in [0.29, 0.717) is 28.3 Å². The van der Waals surface area contributed by atoms with Crippen molar-refractivity contribution >= 4 is 33.1 Å². The van der Waals surface area contributed by atoms with E-state index in [1.807, 2.05) is 44.2 Å². The highest BCUT2D eigenvalue weighted by atomic mass is 32.2. The maximum Gasteiger partial charge on any atom is 0.262 e. The molecule has 0 bridgehead atoms. The normalized spacial score (nSPS) is 11.6. The quantitative estimate of drug-likeness (QED) is 0.417. The van der Waals surface area contributed by atoms with Crippen molar-refractivity contribution in [3.05, 3.63) is 99.6 Å². The molecule has 0 aliphatic carbocycles. The smallest absolute Gasteiger partial charge is 0.262 e. The van der Waals surface area contributed by atoms with Crippen LogP contribution in [0.4, 0.5) is 5.69 Å². The second kappa shape index (κ2) is 8.80. The molecule has 0 spiro atoms. The third-order valence-electron chi connectivity index (χ3n) is 5.07. The van der Waals surface area contributed by atoms with Crippen LogP contribution in [-0.2, 0) is 15.8 Å². The monoisotopic (exact) mass is 465 g/mol. The summed E-state index contributed by atoms with van der Waals surface area (Å²) in [6.45, 7) is 5.63. The Balaban J connectivity index is 1.60. The highest BCUT2D eigenvalue weighted by Crippen LogP contribution is 2.31. The van der Waals surface area contributed by atoms with Crippen LogP contribution in [0.15, 0.2) is 81.4 Å². The topological polar surface area (TPSA) is 80.5 Å². The zero-order valence-electron chi connectivity index (χ0n) is 18.0. The lowest BCUT2D eigenvalue weighted by Crippen LogP contribution is -2.16. The number of anilines is 1. The molecule has 0 aliphatic heterocycles. The van der Waals surface area contributed by atoms with Gasteiger partial charge in [0.05, 0.1) is 16.3 Å². The first kappa shape index (κ1) is 22.1. The molecular weight excluding hydrogens is 442 g/mol. The van der Waals surface area contributed by atoms with E-state index in [2.05, 4.69) is 9.71 Å². The fraction of sp³-hybridized carbons (Fsp3) is 0.167. The molecule has 0 radical (unpaired) electrons. The summed E-state index contributed by atoms with van der Waals surface area (Å²) in [5.74, 6) is 0.433. The van der Waals surface area contributed by atoms with Gasteiger partial charge in [0.2, 0.25) is 0 Å². The summed E-state index contributed by atoms with van der Waals surface area (Å²) in [7, 11) is -3.74. The van der Waals surface area contributed by atoms with Gasteiger partial charge in [-0.15, -0.1) is 11.8 Å². The van der Waals surface area contributed by atoms with E-state index >= 15 is 0 Å². The Kier molecular flexibility index (Phi) is 6.08. The first-order valence-corrected chi connectivity index (χ1v) is 12.5. The summed E-state index contributed by atoms with van der Waals surface area (Å²) < 4.78 is 30.3. The number of aromatic nitrogens is 2. The number of aryl methyl sites for hydroxylation is 3. The van der Waals surface area contributed by atoms with Crippen LogP contribution in [-0.4, -0.2) is 17.8 Å². The second-order valence-corrected chi connectivity index (χ2v) is 10.3. The average molecular weight is 466 g/mol. The van der Waals surface area contributed by atoms with Crippen LogP contribution in [0, 0.1) is 20.8 Å². The van der Waals surface area contributed by atoms with Crippen LogP contribution >= 0.6 is 11.8 Å². The third kappa shape index (κ3) is 4.56. The van der Waals surface area contributed by atoms with Crippen LogP contribution in [0.25, 0.3) is 5.65 Å². The summed E-state index contributed by atoms with van der Waals surface area (Å²) in [4.78, 5) is 18.1. The van der Waals surface area contributed by atoms with Crippen LogP contribution in [0.2, 0.25) is 0 Å². The molecule has 0 unspecified atom stereocenters. The Morgan fingerprint density at radius 2 is 1.75 bits per heavy atom. The van der Waals surface area contributed by atoms with Gasteiger partial charge in [0.25, 0.3) is 15.6 Å². The van der Waals surface area contributed by atoms with Gasteiger partial charge in [-0.3, -0.25) is 13.9 Å². The van der Waals surface area contributed by atoms with E-state index in [4.69, 9.17) is 0 Å². The number of fused-ring (bicyclic) bond motifs is 1. The number of hydrogen-bond acceptors (Lipinski definition) is 5. The van der Waals surface area contributed by atoms with Gasteiger partial charge in [-0.05, 0) is 56.2 Å². The molecule has 6 nitrogen and oxygen atoms in total. The van der Waals surface area contributed by atoms with Crippen molar-refractivity contribution in [2.45, 2.75) is 36.3 Å². The molecule has 0 saturated heterocycles. The number of sulfonamides is 1. The minimum absolute atomic E-state index is 0.141. The van der Waals surface area contributed by atoms with E-state index < -0.39 is 10.0 Å². The van der Waals surface area contributed by atoms with Gasteiger partial charge in [-0.2, -0.15) is 0 Å². The Morgan fingerprint density at radius 3 is 2.53 bits per heavy atom. The maximum atomic E-state index is 13.0. The Labute approximate surface area is 191 Å². The van der Waals surface area contributed by atoms with Gasteiger partial charge in [0.15, 0.2) is 0 Å². The van der Waals surface area contributed by atoms with Crippen molar-refractivity contribution in [2.75, 3.05) is 4.72 Å². The van der Waals surface area contributed by atoms with E-state index in [0.717, 1.165) is 16.0 Å². The number of thioether (sulfide) groups is 1. The summed E-state index contributed by atoms with van der Waals surface area (Å²) in [6.07, 6.45) is 1.70. The van der Waals surface area contributed by atoms with Crippen molar-refractivity contribution in [1.29, 1.82) is 0 Å². The lowest BCUT2D eigenvalue weighted by atomic mass is 10.2. The van der Waals surface area contributed by atoms with Gasteiger partial charge in [0.1, 0.15) is 5.65 Å². The van der Waals surface area contributed by atoms with E-state index in [1.54, 1.807) is 37.4 Å². The van der Waals surface area contributed by atoms with Crippen molar-refractivity contribution in [3.63, 3.8) is 0 Å². The molecule has 32 heavy (non-hydrogen) atoms. The summed E-state index contributed by atoms with van der Waals surface area (Å²) >= 11 is 1.43. The predicted molar refractivity (Wildman–Crippen MR) is 129 cm³/mol. The zero-order chi connectivity index (χ0) is 22.9. The molecule has 4 aromatic rings. The Bertz CT molecular complexity index is 1480. The molecule has 2 aromatic carbocycles. The van der Waals surface area contributed by atoms with Gasteiger partial charge < -0.3 is 0 Å². The Hall–Kier alpha value is -3.10. The van der Waals surface area contributed by atoms with E-state index in [-0.39, 0.29) is 10.5 Å². The van der Waals surface area contributed by atoms with E-state index in [1.165, 1.54) is 22.2 Å².